The van der Waals surface area contributed by atoms with Gasteiger partial charge in [-0.25, -0.2) is 0 Å². The van der Waals surface area contributed by atoms with Crippen molar-refractivity contribution in [3.05, 3.63) is 51.7 Å². The van der Waals surface area contributed by atoms with E-state index in [0.717, 1.165) is 17.7 Å². The number of ether oxygens (including phenoxy) is 1. The molecule has 2 N–H and O–H groups in total. The van der Waals surface area contributed by atoms with Gasteiger partial charge in [0.1, 0.15) is 5.75 Å². The summed E-state index contributed by atoms with van der Waals surface area (Å²) in [5.41, 5.74) is 1.21. The molecule has 26 heavy (non-hydrogen) atoms. The number of carbonyl (C=O) groups is 2. The van der Waals surface area contributed by atoms with E-state index in [1.165, 1.54) is 23.5 Å². The van der Waals surface area contributed by atoms with Crippen molar-refractivity contribution in [1.29, 1.82) is 0 Å². The number of hydrogen-bond donors (Lipinski definition) is 2. The second-order valence-electron chi connectivity index (χ2n) is 5.37. The SMILES string of the molecule is CCc1ccsc1C(=O)NC(CC(=O)O)c1ccc(OC(F)(F)F)cc1. The van der Waals surface area contributed by atoms with Gasteiger partial charge >= 0.3 is 12.3 Å². The highest BCUT2D eigenvalue weighted by atomic mass is 32.1. The summed E-state index contributed by atoms with van der Waals surface area (Å²) in [6.07, 6.45) is -4.57. The molecule has 0 aliphatic heterocycles. The molecule has 0 radical (unpaired) electrons. The second kappa shape index (κ2) is 8.22. The zero-order chi connectivity index (χ0) is 19.3. The standard InChI is InChI=1S/C17H16F3NO4S/c1-2-10-7-8-26-15(10)16(24)21-13(9-14(22)23)11-3-5-12(6-4-11)25-17(18,19)20/h3-8,13H,2,9H2,1H3,(H,21,24)(H,22,23). The number of aryl methyl sites for hydroxylation is 1. The molecule has 0 bridgehead atoms. The van der Waals surface area contributed by atoms with Crippen LogP contribution in [0, 0.1) is 0 Å². The minimum absolute atomic E-state index is 0.366. The molecular weight excluding hydrogens is 371 g/mol. The minimum Gasteiger partial charge on any atom is -0.481 e. The topological polar surface area (TPSA) is 75.6 Å². The third-order valence-corrected chi connectivity index (χ3v) is 4.49. The van der Waals surface area contributed by atoms with Crippen molar-refractivity contribution < 1.29 is 32.6 Å². The molecule has 0 aliphatic rings. The molecule has 0 fully saturated rings. The van der Waals surface area contributed by atoms with Crippen LogP contribution in [0.4, 0.5) is 13.2 Å². The number of benzene rings is 1. The van der Waals surface area contributed by atoms with Crippen LogP contribution in [-0.4, -0.2) is 23.3 Å². The molecule has 2 rings (SSSR count). The lowest BCUT2D eigenvalue weighted by atomic mass is 10.0. The third-order valence-electron chi connectivity index (χ3n) is 3.53. The fraction of sp³-hybridized carbons (Fsp3) is 0.294. The smallest absolute Gasteiger partial charge is 0.481 e. The maximum absolute atomic E-state index is 12.4. The molecule has 1 aromatic carbocycles. The van der Waals surface area contributed by atoms with Crippen LogP contribution in [0.2, 0.25) is 0 Å². The van der Waals surface area contributed by atoms with Gasteiger partial charge in [0.2, 0.25) is 0 Å². The third kappa shape index (κ3) is 5.48. The Morgan fingerprint density at radius 1 is 1.23 bits per heavy atom. The van der Waals surface area contributed by atoms with Gasteiger partial charge in [-0.3, -0.25) is 9.59 Å². The van der Waals surface area contributed by atoms with Crippen LogP contribution in [-0.2, 0) is 11.2 Å². The largest absolute Gasteiger partial charge is 0.573 e. The summed E-state index contributed by atoms with van der Waals surface area (Å²) in [6.45, 7) is 1.90. The lowest BCUT2D eigenvalue weighted by molar-refractivity contribution is -0.274. The molecule has 140 valence electrons. The highest BCUT2D eigenvalue weighted by Crippen LogP contribution is 2.26. The van der Waals surface area contributed by atoms with Crippen LogP contribution in [0.1, 0.15) is 40.2 Å². The van der Waals surface area contributed by atoms with E-state index in [9.17, 15) is 22.8 Å². The van der Waals surface area contributed by atoms with Gasteiger partial charge in [-0.2, -0.15) is 0 Å². The first kappa shape index (κ1) is 19.8. The van der Waals surface area contributed by atoms with Gasteiger partial charge in [-0.1, -0.05) is 19.1 Å². The molecule has 0 aliphatic carbocycles. The van der Waals surface area contributed by atoms with E-state index in [-0.39, 0.29) is 0 Å². The first-order valence-corrected chi connectivity index (χ1v) is 8.52. The minimum atomic E-state index is -4.81. The van der Waals surface area contributed by atoms with Crippen LogP contribution in [0.15, 0.2) is 35.7 Å². The number of amides is 1. The van der Waals surface area contributed by atoms with Crippen LogP contribution in [0.5, 0.6) is 5.75 Å². The Morgan fingerprint density at radius 3 is 2.42 bits per heavy atom. The van der Waals surface area contributed by atoms with E-state index in [1.807, 2.05) is 13.0 Å². The summed E-state index contributed by atoms with van der Waals surface area (Å²) in [5, 5.41) is 13.5. The summed E-state index contributed by atoms with van der Waals surface area (Å²) < 4.78 is 40.4. The summed E-state index contributed by atoms with van der Waals surface area (Å²) in [5.74, 6) is -1.99. The van der Waals surface area contributed by atoms with E-state index >= 15 is 0 Å². The first-order chi connectivity index (χ1) is 12.2. The average Bonchev–Trinajstić information content (AvgIpc) is 3.01. The summed E-state index contributed by atoms with van der Waals surface area (Å²) in [7, 11) is 0. The number of nitrogens with one attached hydrogen (secondary N) is 1. The fourth-order valence-electron chi connectivity index (χ4n) is 2.37. The average molecular weight is 387 g/mol. The molecule has 9 heteroatoms. The summed E-state index contributed by atoms with van der Waals surface area (Å²) in [4.78, 5) is 24.0. The lowest BCUT2D eigenvalue weighted by Gasteiger charge is -2.18. The highest BCUT2D eigenvalue weighted by molar-refractivity contribution is 7.12. The number of halogens is 3. The van der Waals surface area contributed by atoms with E-state index in [0.29, 0.717) is 16.9 Å². The molecule has 2 aromatic rings. The number of thiophene rings is 1. The van der Waals surface area contributed by atoms with Crippen molar-refractivity contribution in [2.24, 2.45) is 0 Å². The van der Waals surface area contributed by atoms with Crippen LogP contribution in [0.3, 0.4) is 0 Å². The van der Waals surface area contributed by atoms with Gasteiger partial charge in [0.25, 0.3) is 5.91 Å². The van der Waals surface area contributed by atoms with Gasteiger partial charge in [-0.05, 0) is 41.1 Å². The number of carboxylic acid groups (broad SMARTS) is 1. The molecule has 1 aromatic heterocycles. The van der Waals surface area contributed by atoms with Crippen molar-refractivity contribution >= 4 is 23.2 Å². The molecule has 5 nitrogen and oxygen atoms in total. The van der Waals surface area contributed by atoms with E-state index in [2.05, 4.69) is 10.1 Å². The van der Waals surface area contributed by atoms with Crippen molar-refractivity contribution in [3.8, 4) is 5.75 Å². The van der Waals surface area contributed by atoms with Gasteiger partial charge in [0, 0.05) is 0 Å². The van der Waals surface area contributed by atoms with E-state index in [1.54, 1.807) is 5.38 Å². The Balaban J connectivity index is 2.19. The van der Waals surface area contributed by atoms with Crippen molar-refractivity contribution in [3.63, 3.8) is 0 Å². The number of carbonyl (C=O) groups excluding carboxylic acids is 1. The van der Waals surface area contributed by atoms with Crippen molar-refractivity contribution in [1.82, 2.24) is 5.32 Å². The number of carboxylic acids is 1. The predicted molar refractivity (Wildman–Crippen MR) is 89.3 cm³/mol. The molecule has 0 spiro atoms. The van der Waals surface area contributed by atoms with Gasteiger partial charge in [-0.15, -0.1) is 24.5 Å². The normalized spacial score (nSPS) is 12.5. The van der Waals surface area contributed by atoms with Crippen LogP contribution < -0.4 is 10.1 Å². The van der Waals surface area contributed by atoms with Gasteiger partial charge < -0.3 is 15.2 Å². The first-order valence-electron chi connectivity index (χ1n) is 7.64. The summed E-state index contributed by atoms with van der Waals surface area (Å²) in [6, 6.07) is 5.68. The maximum Gasteiger partial charge on any atom is 0.573 e. The summed E-state index contributed by atoms with van der Waals surface area (Å²) >= 11 is 1.24. The molecule has 0 saturated heterocycles. The maximum atomic E-state index is 12.4. The zero-order valence-electron chi connectivity index (χ0n) is 13.7. The monoisotopic (exact) mass is 387 g/mol. The fourth-order valence-corrected chi connectivity index (χ4v) is 3.26. The highest BCUT2D eigenvalue weighted by Gasteiger charge is 2.31. The van der Waals surface area contributed by atoms with Gasteiger partial charge in [0.05, 0.1) is 17.3 Å². The number of rotatable bonds is 7. The lowest BCUT2D eigenvalue weighted by Crippen LogP contribution is -2.30. The van der Waals surface area contributed by atoms with Crippen LogP contribution in [0.25, 0.3) is 0 Å². The number of aliphatic carboxylic acids is 1. The molecule has 1 unspecified atom stereocenters. The Morgan fingerprint density at radius 2 is 1.88 bits per heavy atom. The number of alkyl halides is 3. The molecule has 0 saturated carbocycles. The van der Waals surface area contributed by atoms with Gasteiger partial charge in [0.15, 0.2) is 0 Å². The van der Waals surface area contributed by atoms with Crippen molar-refractivity contribution in [2.75, 3.05) is 0 Å². The van der Waals surface area contributed by atoms with E-state index < -0.39 is 36.5 Å². The Bertz CT molecular complexity index is 771. The Kier molecular flexibility index (Phi) is 6.25. The van der Waals surface area contributed by atoms with E-state index in [4.69, 9.17) is 5.11 Å². The molecule has 1 amide bonds. The Labute approximate surface area is 151 Å². The van der Waals surface area contributed by atoms with Crippen molar-refractivity contribution in [2.45, 2.75) is 32.2 Å². The molecule has 1 atom stereocenters. The van der Waals surface area contributed by atoms with Crippen LogP contribution >= 0.6 is 11.3 Å². The number of hydrogen-bond acceptors (Lipinski definition) is 4. The molecule has 1 heterocycles. The predicted octanol–water partition coefficient (Wildman–Crippen LogP) is 4.15. The quantitative estimate of drug-likeness (QED) is 0.748. The second-order valence-corrected chi connectivity index (χ2v) is 6.29. The Hall–Kier alpha value is -2.55. The zero-order valence-corrected chi connectivity index (χ0v) is 14.5. The molecular formula is C17H16F3NO4S.